The van der Waals surface area contributed by atoms with Gasteiger partial charge in [-0.3, -0.25) is 4.99 Å². The minimum absolute atomic E-state index is 0. The Morgan fingerprint density at radius 1 is 1.30 bits per heavy atom. The van der Waals surface area contributed by atoms with Gasteiger partial charge in [-0.05, 0) is 12.8 Å². The van der Waals surface area contributed by atoms with Crippen LogP contribution in [-0.4, -0.2) is 36.2 Å². The molecule has 0 aliphatic rings. The average Bonchev–Trinajstić information content (AvgIpc) is 2.83. The van der Waals surface area contributed by atoms with Gasteiger partial charge in [0.1, 0.15) is 0 Å². The standard InChI is InChI=1S/C13H25N5O.HI/c1-5-11(6-2)9-16-13(14-4)15-8-7-12-17-10(3)18-19-12;/h11H,5-9H2,1-4H3,(H2,14,15,16);1H. The molecule has 1 rings (SSSR count). The lowest BCUT2D eigenvalue weighted by Gasteiger charge is -2.16. The molecule has 1 heterocycles. The number of hydrogen-bond acceptors (Lipinski definition) is 4. The number of aromatic nitrogens is 2. The van der Waals surface area contributed by atoms with Gasteiger partial charge in [0.05, 0.1) is 0 Å². The highest BCUT2D eigenvalue weighted by atomic mass is 127. The summed E-state index contributed by atoms with van der Waals surface area (Å²) in [6, 6.07) is 0. The van der Waals surface area contributed by atoms with Crippen LogP contribution < -0.4 is 10.6 Å². The summed E-state index contributed by atoms with van der Waals surface area (Å²) in [5.41, 5.74) is 0. The van der Waals surface area contributed by atoms with Crippen molar-refractivity contribution in [2.75, 3.05) is 20.1 Å². The molecular weight excluding hydrogens is 369 g/mol. The molecule has 116 valence electrons. The monoisotopic (exact) mass is 395 g/mol. The molecule has 0 radical (unpaired) electrons. The van der Waals surface area contributed by atoms with Gasteiger partial charge in [0.25, 0.3) is 0 Å². The van der Waals surface area contributed by atoms with Crippen LogP contribution in [0, 0.1) is 12.8 Å². The number of nitrogens with one attached hydrogen (secondary N) is 2. The van der Waals surface area contributed by atoms with Crippen molar-refractivity contribution in [2.24, 2.45) is 10.9 Å². The topological polar surface area (TPSA) is 75.3 Å². The second kappa shape index (κ2) is 10.9. The van der Waals surface area contributed by atoms with E-state index in [4.69, 9.17) is 4.52 Å². The highest BCUT2D eigenvalue weighted by Gasteiger charge is 2.06. The van der Waals surface area contributed by atoms with Gasteiger partial charge in [0.2, 0.25) is 5.89 Å². The van der Waals surface area contributed by atoms with E-state index in [1.807, 2.05) is 6.92 Å². The summed E-state index contributed by atoms with van der Waals surface area (Å²) < 4.78 is 5.05. The average molecular weight is 395 g/mol. The second-order valence-electron chi connectivity index (χ2n) is 4.55. The Labute approximate surface area is 138 Å². The van der Waals surface area contributed by atoms with Gasteiger partial charge in [-0.2, -0.15) is 4.98 Å². The molecule has 0 amide bonds. The first-order chi connectivity index (χ1) is 9.19. The highest BCUT2D eigenvalue weighted by Crippen LogP contribution is 2.04. The van der Waals surface area contributed by atoms with Gasteiger partial charge in [-0.1, -0.05) is 31.8 Å². The number of nitrogens with zero attached hydrogens (tertiary/aromatic N) is 3. The van der Waals surface area contributed by atoms with Gasteiger partial charge in [0.15, 0.2) is 11.8 Å². The molecule has 0 aromatic carbocycles. The number of halogens is 1. The summed E-state index contributed by atoms with van der Waals surface area (Å²) >= 11 is 0. The maximum atomic E-state index is 5.05. The Balaban J connectivity index is 0.00000361. The van der Waals surface area contributed by atoms with Crippen molar-refractivity contribution in [1.29, 1.82) is 0 Å². The molecular formula is C13H26IN5O. The number of rotatable bonds is 7. The molecule has 0 spiro atoms. The minimum Gasteiger partial charge on any atom is -0.356 e. The zero-order valence-corrected chi connectivity index (χ0v) is 15.1. The lowest BCUT2D eigenvalue weighted by Crippen LogP contribution is -2.40. The largest absolute Gasteiger partial charge is 0.356 e. The molecule has 0 bridgehead atoms. The molecule has 0 saturated heterocycles. The van der Waals surface area contributed by atoms with Gasteiger partial charge < -0.3 is 15.2 Å². The Bertz CT molecular complexity index is 390. The van der Waals surface area contributed by atoms with Crippen molar-refractivity contribution in [1.82, 2.24) is 20.8 Å². The van der Waals surface area contributed by atoms with Crippen molar-refractivity contribution in [3.8, 4) is 0 Å². The molecule has 1 aromatic rings. The lowest BCUT2D eigenvalue weighted by atomic mass is 10.0. The molecule has 20 heavy (non-hydrogen) atoms. The smallest absolute Gasteiger partial charge is 0.228 e. The van der Waals surface area contributed by atoms with E-state index >= 15 is 0 Å². The Hall–Kier alpha value is -0.860. The van der Waals surface area contributed by atoms with E-state index in [2.05, 4.69) is 39.6 Å². The van der Waals surface area contributed by atoms with E-state index in [0.29, 0.717) is 24.1 Å². The molecule has 0 unspecified atom stereocenters. The maximum Gasteiger partial charge on any atom is 0.228 e. The molecule has 0 atom stereocenters. The summed E-state index contributed by atoms with van der Waals surface area (Å²) in [7, 11) is 1.78. The fourth-order valence-corrected chi connectivity index (χ4v) is 1.77. The summed E-state index contributed by atoms with van der Waals surface area (Å²) in [6.45, 7) is 7.92. The molecule has 0 fully saturated rings. The van der Waals surface area contributed by atoms with Crippen LogP contribution in [0.5, 0.6) is 0 Å². The quantitative estimate of drug-likeness (QED) is 0.420. The van der Waals surface area contributed by atoms with E-state index in [0.717, 1.165) is 19.0 Å². The summed E-state index contributed by atoms with van der Waals surface area (Å²) in [5, 5.41) is 10.3. The van der Waals surface area contributed by atoms with E-state index in [1.165, 1.54) is 12.8 Å². The molecule has 7 heteroatoms. The van der Waals surface area contributed by atoms with Crippen LogP contribution in [0.4, 0.5) is 0 Å². The first kappa shape index (κ1) is 19.1. The van der Waals surface area contributed by atoms with Crippen molar-refractivity contribution in [2.45, 2.75) is 40.0 Å². The summed E-state index contributed by atoms with van der Waals surface area (Å²) in [5.74, 6) is 2.84. The lowest BCUT2D eigenvalue weighted by molar-refractivity contribution is 0.374. The fourth-order valence-electron chi connectivity index (χ4n) is 1.77. The third kappa shape index (κ3) is 7.06. The minimum atomic E-state index is 0. The molecule has 1 aromatic heterocycles. The molecule has 0 aliphatic heterocycles. The third-order valence-electron chi connectivity index (χ3n) is 3.14. The van der Waals surface area contributed by atoms with Crippen LogP contribution in [0.2, 0.25) is 0 Å². The Morgan fingerprint density at radius 3 is 2.50 bits per heavy atom. The van der Waals surface area contributed by atoms with E-state index in [-0.39, 0.29) is 24.0 Å². The number of aliphatic imine (C=N–C) groups is 1. The van der Waals surface area contributed by atoms with Gasteiger partial charge in [-0.15, -0.1) is 24.0 Å². The van der Waals surface area contributed by atoms with Crippen molar-refractivity contribution >= 4 is 29.9 Å². The number of aryl methyl sites for hydroxylation is 1. The van der Waals surface area contributed by atoms with E-state index in [9.17, 15) is 0 Å². The zero-order chi connectivity index (χ0) is 14.1. The third-order valence-corrected chi connectivity index (χ3v) is 3.14. The van der Waals surface area contributed by atoms with Gasteiger partial charge in [-0.25, -0.2) is 0 Å². The predicted octanol–water partition coefficient (Wildman–Crippen LogP) is 2.14. The van der Waals surface area contributed by atoms with E-state index < -0.39 is 0 Å². The van der Waals surface area contributed by atoms with Crippen LogP contribution in [0.3, 0.4) is 0 Å². The second-order valence-corrected chi connectivity index (χ2v) is 4.55. The normalized spacial score (nSPS) is 11.3. The van der Waals surface area contributed by atoms with Crippen LogP contribution >= 0.6 is 24.0 Å². The van der Waals surface area contributed by atoms with Crippen LogP contribution in [-0.2, 0) is 6.42 Å². The Morgan fingerprint density at radius 2 is 2.00 bits per heavy atom. The molecule has 2 N–H and O–H groups in total. The number of hydrogen-bond donors (Lipinski definition) is 2. The zero-order valence-electron chi connectivity index (χ0n) is 12.8. The fraction of sp³-hybridized carbons (Fsp3) is 0.769. The summed E-state index contributed by atoms with van der Waals surface area (Å²) in [6.07, 6.45) is 3.07. The number of guanidine groups is 1. The van der Waals surface area contributed by atoms with Crippen LogP contribution in [0.1, 0.15) is 38.4 Å². The van der Waals surface area contributed by atoms with Crippen molar-refractivity contribution in [3.05, 3.63) is 11.7 Å². The predicted molar refractivity (Wildman–Crippen MR) is 91.6 cm³/mol. The SMILES string of the molecule is CCC(CC)CNC(=NC)NCCc1nc(C)no1.I. The summed E-state index contributed by atoms with van der Waals surface area (Å²) in [4.78, 5) is 8.35. The van der Waals surface area contributed by atoms with E-state index in [1.54, 1.807) is 7.05 Å². The molecule has 6 nitrogen and oxygen atoms in total. The van der Waals surface area contributed by atoms with Gasteiger partial charge in [0, 0.05) is 26.6 Å². The van der Waals surface area contributed by atoms with Crippen LogP contribution in [0.15, 0.2) is 9.52 Å². The Kier molecular flexibility index (Phi) is 10.4. The first-order valence-electron chi connectivity index (χ1n) is 6.93. The molecule has 0 saturated carbocycles. The first-order valence-corrected chi connectivity index (χ1v) is 6.93. The maximum absolute atomic E-state index is 5.05. The molecule has 0 aliphatic carbocycles. The van der Waals surface area contributed by atoms with Crippen molar-refractivity contribution in [3.63, 3.8) is 0 Å². The van der Waals surface area contributed by atoms with Gasteiger partial charge >= 0.3 is 0 Å². The van der Waals surface area contributed by atoms with Crippen molar-refractivity contribution < 1.29 is 4.52 Å². The van der Waals surface area contributed by atoms with Crippen LogP contribution in [0.25, 0.3) is 0 Å². The highest BCUT2D eigenvalue weighted by molar-refractivity contribution is 14.0.